The molecule has 19 heavy (non-hydrogen) atoms. The van der Waals surface area contributed by atoms with Crippen LogP contribution in [0.1, 0.15) is 0 Å². The maximum Gasteiger partial charge on any atom is 0.330 e. The minimum Gasteiger partial charge on any atom is -0.492 e. The van der Waals surface area contributed by atoms with Crippen LogP contribution in [0.3, 0.4) is 0 Å². The molecule has 7 heteroatoms. The maximum atomic E-state index is 10.8. The number of rotatable bonds is 6. The lowest BCUT2D eigenvalue weighted by Gasteiger charge is -2.06. The number of ether oxygens (including phenoxy) is 1. The Morgan fingerprint density at radius 2 is 2.16 bits per heavy atom. The van der Waals surface area contributed by atoms with Crippen molar-refractivity contribution in [2.75, 3.05) is 18.5 Å². The molecular weight excluding hydrogens is 248 g/mol. The number of para-hydroxylation sites is 1. The van der Waals surface area contributed by atoms with Gasteiger partial charge in [-0.15, -0.1) is 5.10 Å². The number of hydrogen-bond acceptors (Lipinski definition) is 5. The van der Waals surface area contributed by atoms with E-state index in [0.717, 1.165) is 5.75 Å². The van der Waals surface area contributed by atoms with E-state index in [1.807, 2.05) is 30.3 Å². The summed E-state index contributed by atoms with van der Waals surface area (Å²) in [5.74, 6) is 1.02. The monoisotopic (exact) mass is 262 g/mol. The summed E-state index contributed by atoms with van der Waals surface area (Å²) in [4.78, 5) is 10.3. The number of nitro groups is 1. The maximum absolute atomic E-state index is 10.8. The summed E-state index contributed by atoms with van der Waals surface area (Å²) in [6.07, 6.45) is 1.36. The number of benzene rings is 1. The number of aromatic nitrogens is 2. The van der Waals surface area contributed by atoms with Crippen LogP contribution in [0.15, 0.2) is 36.5 Å². The number of aryl methyl sites for hydroxylation is 1. The van der Waals surface area contributed by atoms with Gasteiger partial charge in [0, 0.05) is 7.05 Å². The van der Waals surface area contributed by atoms with Crippen molar-refractivity contribution in [1.29, 1.82) is 0 Å². The lowest BCUT2D eigenvalue weighted by molar-refractivity contribution is -0.384. The van der Waals surface area contributed by atoms with Gasteiger partial charge in [-0.3, -0.25) is 14.8 Å². The third-order valence-corrected chi connectivity index (χ3v) is 2.41. The molecule has 0 bridgehead atoms. The highest BCUT2D eigenvalue weighted by atomic mass is 16.6. The second kappa shape index (κ2) is 5.85. The van der Waals surface area contributed by atoms with Crippen molar-refractivity contribution in [3.05, 3.63) is 46.6 Å². The van der Waals surface area contributed by atoms with Gasteiger partial charge >= 0.3 is 5.69 Å². The van der Waals surface area contributed by atoms with E-state index >= 15 is 0 Å². The summed E-state index contributed by atoms with van der Waals surface area (Å²) in [5, 5.41) is 17.6. The highest BCUT2D eigenvalue weighted by Gasteiger charge is 2.17. The summed E-state index contributed by atoms with van der Waals surface area (Å²) in [5.41, 5.74) is -0.0396. The van der Waals surface area contributed by atoms with Gasteiger partial charge in [-0.2, -0.15) is 0 Å². The first-order chi connectivity index (χ1) is 9.16. The zero-order valence-electron chi connectivity index (χ0n) is 10.4. The number of nitrogens with one attached hydrogen (secondary N) is 1. The molecule has 0 saturated heterocycles. The summed E-state index contributed by atoms with van der Waals surface area (Å²) < 4.78 is 6.87. The molecule has 1 aromatic heterocycles. The van der Waals surface area contributed by atoms with Crippen LogP contribution in [0.4, 0.5) is 11.5 Å². The van der Waals surface area contributed by atoms with E-state index in [0.29, 0.717) is 13.2 Å². The third-order valence-electron chi connectivity index (χ3n) is 2.41. The van der Waals surface area contributed by atoms with Crippen LogP contribution in [0, 0.1) is 10.1 Å². The van der Waals surface area contributed by atoms with E-state index in [2.05, 4.69) is 10.4 Å². The van der Waals surface area contributed by atoms with Crippen LogP contribution in [-0.4, -0.2) is 27.9 Å². The molecule has 100 valence electrons. The van der Waals surface area contributed by atoms with Gasteiger partial charge in [-0.05, 0) is 12.1 Å². The molecule has 2 aromatic rings. The smallest absolute Gasteiger partial charge is 0.330 e. The molecule has 0 fully saturated rings. The van der Waals surface area contributed by atoms with Gasteiger partial charge in [-0.25, -0.2) is 0 Å². The van der Waals surface area contributed by atoms with Crippen molar-refractivity contribution < 1.29 is 9.66 Å². The molecule has 0 spiro atoms. The quantitative estimate of drug-likeness (QED) is 0.488. The van der Waals surface area contributed by atoms with Crippen LogP contribution >= 0.6 is 0 Å². The Balaban J connectivity index is 1.84. The molecule has 0 saturated carbocycles. The molecule has 1 heterocycles. The fourth-order valence-electron chi connectivity index (χ4n) is 1.59. The highest BCUT2D eigenvalue weighted by molar-refractivity contribution is 5.54. The molecule has 0 unspecified atom stereocenters. The molecule has 2 rings (SSSR count). The van der Waals surface area contributed by atoms with Gasteiger partial charge < -0.3 is 10.1 Å². The van der Waals surface area contributed by atoms with Crippen molar-refractivity contribution in [1.82, 2.24) is 9.78 Å². The van der Waals surface area contributed by atoms with Gasteiger partial charge in [0.15, 0.2) is 0 Å². The summed E-state index contributed by atoms with van der Waals surface area (Å²) in [6.45, 7) is 0.838. The predicted molar refractivity (Wildman–Crippen MR) is 70.3 cm³/mol. The van der Waals surface area contributed by atoms with E-state index in [9.17, 15) is 10.1 Å². The minimum absolute atomic E-state index is 0.0396. The van der Waals surface area contributed by atoms with Crippen LogP contribution < -0.4 is 10.1 Å². The van der Waals surface area contributed by atoms with E-state index in [-0.39, 0.29) is 11.5 Å². The van der Waals surface area contributed by atoms with Crippen molar-refractivity contribution in [3.8, 4) is 5.75 Å². The van der Waals surface area contributed by atoms with Crippen molar-refractivity contribution in [2.45, 2.75) is 0 Å². The number of anilines is 1. The zero-order valence-corrected chi connectivity index (χ0v) is 10.4. The Hall–Kier alpha value is -2.57. The van der Waals surface area contributed by atoms with Crippen LogP contribution in [0.25, 0.3) is 0 Å². The molecule has 0 aliphatic heterocycles. The highest BCUT2D eigenvalue weighted by Crippen LogP contribution is 2.20. The zero-order chi connectivity index (χ0) is 13.7. The van der Waals surface area contributed by atoms with Gasteiger partial charge in [0.2, 0.25) is 5.82 Å². The first kappa shape index (κ1) is 12.9. The normalized spacial score (nSPS) is 10.2. The number of hydrogen-bond donors (Lipinski definition) is 1. The standard InChI is InChI=1S/C12H14N4O3/c1-15-9-11(16(17)18)12(14-15)13-7-8-19-10-5-3-2-4-6-10/h2-6,9H,7-8H2,1H3,(H,13,14). The minimum atomic E-state index is -0.465. The Bertz CT molecular complexity index is 553. The molecular formula is C12H14N4O3. The fraction of sp³-hybridized carbons (Fsp3) is 0.250. The lowest BCUT2D eigenvalue weighted by atomic mass is 10.3. The van der Waals surface area contributed by atoms with E-state index < -0.39 is 4.92 Å². The van der Waals surface area contributed by atoms with Gasteiger partial charge in [-0.1, -0.05) is 18.2 Å². The largest absolute Gasteiger partial charge is 0.492 e. The second-order valence-electron chi connectivity index (χ2n) is 3.88. The second-order valence-corrected chi connectivity index (χ2v) is 3.88. The Morgan fingerprint density at radius 1 is 1.42 bits per heavy atom. The van der Waals surface area contributed by atoms with E-state index in [1.165, 1.54) is 10.9 Å². The molecule has 1 N–H and O–H groups in total. The molecule has 0 aliphatic rings. The summed E-state index contributed by atoms with van der Waals surface area (Å²) in [7, 11) is 1.64. The van der Waals surface area contributed by atoms with E-state index in [1.54, 1.807) is 7.05 Å². The van der Waals surface area contributed by atoms with Crippen molar-refractivity contribution in [3.63, 3.8) is 0 Å². The molecule has 0 atom stereocenters. The predicted octanol–water partition coefficient (Wildman–Crippen LogP) is 1.82. The molecule has 7 nitrogen and oxygen atoms in total. The topological polar surface area (TPSA) is 82.2 Å². The van der Waals surface area contributed by atoms with Crippen LogP contribution in [-0.2, 0) is 7.05 Å². The van der Waals surface area contributed by atoms with Gasteiger partial charge in [0.05, 0.1) is 11.5 Å². The molecule has 0 radical (unpaired) electrons. The summed E-state index contributed by atoms with van der Waals surface area (Å²) in [6, 6.07) is 9.37. The molecule has 0 amide bonds. The fourth-order valence-corrected chi connectivity index (χ4v) is 1.59. The SMILES string of the molecule is Cn1cc([N+](=O)[O-])c(NCCOc2ccccc2)n1. The van der Waals surface area contributed by atoms with Crippen LogP contribution in [0.2, 0.25) is 0 Å². The third kappa shape index (κ3) is 3.44. The van der Waals surface area contributed by atoms with Crippen LogP contribution in [0.5, 0.6) is 5.75 Å². The summed E-state index contributed by atoms with van der Waals surface area (Å²) >= 11 is 0. The van der Waals surface area contributed by atoms with Gasteiger partial charge in [0.1, 0.15) is 18.6 Å². The Kier molecular flexibility index (Phi) is 3.97. The first-order valence-electron chi connectivity index (χ1n) is 5.76. The average Bonchev–Trinajstić information content (AvgIpc) is 2.77. The Morgan fingerprint density at radius 3 is 2.84 bits per heavy atom. The lowest BCUT2D eigenvalue weighted by Crippen LogP contribution is -2.12. The molecule has 1 aromatic carbocycles. The molecule has 0 aliphatic carbocycles. The Labute approximate surface area is 110 Å². The van der Waals surface area contributed by atoms with Gasteiger partial charge in [0.25, 0.3) is 0 Å². The van der Waals surface area contributed by atoms with Crippen molar-refractivity contribution in [2.24, 2.45) is 7.05 Å². The average molecular weight is 262 g/mol. The number of nitrogens with zero attached hydrogens (tertiary/aromatic N) is 3. The van der Waals surface area contributed by atoms with Crippen molar-refractivity contribution >= 4 is 11.5 Å². The van der Waals surface area contributed by atoms with E-state index in [4.69, 9.17) is 4.74 Å². The first-order valence-corrected chi connectivity index (χ1v) is 5.76.